The van der Waals surface area contributed by atoms with E-state index in [-0.39, 0.29) is 0 Å². The van der Waals surface area contributed by atoms with Crippen LogP contribution in [0.25, 0.3) is 11.1 Å². The van der Waals surface area contributed by atoms with Crippen LogP contribution in [0.5, 0.6) is 23.0 Å². The summed E-state index contributed by atoms with van der Waals surface area (Å²) in [5.41, 5.74) is 19.3. The molecule has 0 spiro atoms. The fourth-order valence-electron chi connectivity index (χ4n) is 6.02. The van der Waals surface area contributed by atoms with Crippen LogP contribution in [0.4, 0.5) is 11.4 Å². The molecule has 4 nitrogen and oxygen atoms in total. The van der Waals surface area contributed by atoms with Crippen molar-refractivity contribution < 1.29 is 9.47 Å². The molecule has 6 aromatic carbocycles. The lowest BCUT2D eigenvalue weighted by atomic mass is 9.67. The zero-order valence-electron chi connectivity index (χ0n) is 22.3. The lowest BCUT2D eigenvalue weighted by Gasteiger charge is -2.36. The van der Waals surface area contributed by atoms with Crippen LogP contribution in [0.15, 0.2) is 146 Å². The summed E-state index contributed by atoms with van der Waals surface area (Å²) < 4.78 is 13.2. The molecule has 0 bridgehead atoms. The maximum absolute atomic E-state index is 6.61. The summed E-state index contributed by atoms with van der Waals surface area (Å²) in [6.45, 7) is 0. The average molecular weight is 533 g/mol. The van der Waals surface area contributed by atoms with Crippen molar-refractivity contribution in [3.63, 3.8) is 0 Å². The molecule has 41 heavy (non-hydrogen) atoms. The molecule has 0 radical (unpaired) electrons. The summed E-state index contributed by atoms with van der Waals surface area (Å²) in [5.74, 6) is 2.94. The standard InChI is InChI=1S/C37H28N2O2/c38-25-17-21-27(22-18-25)40-35-15-7-5-13-33(35)37(31-11-3-1-9-29(31)30-10-2-4-12-32(30)37)34-14-6-8-16-36(34)41-28-23-19-26(39)20-24-28/h1-24H,38-39H2. The smallest absolute Gasteiger partial charge is 0.132 e. The monoisotopic (exact) mass is 532 g/mol. The predicted octanol–water partition coefficient (Wildman–Crippen LogP) is 8.80. The topological polar surface area (TPSA) is 70.5 Å². The van der Waals surface area contributed by atoms with Crippen molar-refractivity contribution in [3.05, 3.63) is 168 Å². The van der Waals surface area contributed by atoms with Gasteiger partial charge in [0.15, 0.2) is 0 Å². The van der Waals surface area contributed by atoms with Gasteiger partial charge in [-0.25, -0.2) is 0 Å². The van der Waals surface area contributed by atoms with Crippen molar-refractivity contribution in [1.29, 1.82) is 0 Å². The molecule has 4 heteroatoms. The SMILES string of the molecule is Nc1ccc(Oc2ccccc2C2(c3ccccc3Oc3ccc(N)cc3)c3ccccc3-c3ccccc32)cc1. The van der Waals surface area contributed by atoms with Gasteiger partial charge in [0.25, 0.3) is 0 Å². The highest BCUT2D eigenvalue weighted by atomic mass is 16.5. The second kappa shape index (κ2) is 9.92. The zero-order valence-corrected chi connectivity index (χ0v) is 22.3. The second-order valence-electron chi connectivity index (χ2n) is 10.2. The highest BCUT2D eigenvalue weighted by Crippen LogP contribution is 2.59. The first-order valence-electron chi connectivity index (χ1n) is 13.6. The van der Waals surface area contributed by atoms with Gasteiger partial charge >= 0.3 is 0 Å². The Hall–Kier alpha value is -5.48. The molecular weight excluding hydrogens is 504 g/mol. The molecule has 0 unspecified atom stereocenters. The molecule has 4 N–H and O–H groups in total. The fourth-order valence-corrected chi connectivity index (χ4v) is 6.02. The normalized spacial score (nSPS) is 12.8. The molecule has 0 aliphatic heterocycles. The maximum atomic E-state index is 6.61. The molecule has 0 saturated carbocycles. The summed E-state index contributed by atoms with van der Waals surface area (Å²) in [6.07, 6.45) is 0. The number of hydrogen-bond donors (Lipinski definition) is 2. The lowest BCUT2D eigenvalue weighted by molar-refractivity contribution is 0.457. The molecule has 7 rings (SSSR count). The predicted molar refractivity (Wildman–Crippen MR) is 166 cm³/mol. The van der Waals surface area contributed by atoms with Crippen molar-refractivity contribution in [2.45, 2.75) is 5.41 Å². The van der Waals surface area contributed by atoms with Crippen LogP contribution in [0.2, 0.25) is 0 Å². The molecule has 0 saturated heterocycles. The summed E-state index contributed by atoms with van der Waals surface area (Å²) in [4.78, 5) is 0. The van der Waals surface area contributed by atoms with E-state index >= 15 is 0 Å². The average Bonchev–Trinajstić information content (AvgIpc) is 3.31. The highest BCUT2D eigenvalue weighted by Gasteiger charge is 2.49. The van der Waals surface area contributed by atoms with Gasteiger partial charge in [0.2, 0.25) is 0 Å². The Morgan fingerprint density at radius 3 is 1.12 bits per heavy atom. The molecular formula is C37H28N2O2. The van der Waals surface area contributed by atoms with E-state index in [1.165, 1.54) is 22.3 Å². The van der Waals surface area contributed by atoms with Gasteiger partial charge in [-0.05, 0) is 82.9 Å². The molecule has 0 amide bonds. The Balaban J connectivity index is 1.52. The first-order valence-corrected chi connectivity index (χ1v) is 13.6. The number of anilines is 2. The van der Waals surface area contributed by atoms with E-state index in [0.29, 0.717) is 22.9 Å². The summed E-state index contributed by atoms with van der Waals surface area (Å²) in [7, 11) is 0. The van der Waals surface area contributed by atoms with Crippen molar-refractivity contribution in [3.8, 4) is 34.1 Å². The number of ether oxygens (including phenoxy) is 2. The van der Waals surface area contributed by atoms with Crippen molar-refractivity contribution in [2.75, 3.05) is 11.5 Å². The molecule has 6 aromatic rings. The highest BCUT2D eigenvalue weighted by molar-refractivity contribution is 5.87. The van der Waals surface area contributed by atoms with Crippen LogP contribution < -0.4 is 20.9 Å². The van der Waals surface area contributed by atoms with Gasteiger partial charge in [-0.3, -0.25) is 0 Å². The quantitative estimate of drug-likeness (QED) is 0.210. The van der Waals surface area contributed by atoms with E-state index in [4.69, 9.17) is 20.9 Å². The molecule has 0 atom stereocenters. The van der Waals surface area contributed by atoms with Crippen LogP contribution in [-0.2, 0) is 5.41 Å². The van der Waals surface area contributed by atoms with E-state index < -0.39 is 5.41 Å². The number of hydrogen-bond acceptors (Lipinski definition) is 4. The Kier molecular flexibility index (Phi) is 5.94. The molecule has 0 aromatic heterocycles. The van der Waals surface area contributed by atoms with E-state index in [1.54, 1.807) is 0 Å². The van der Waals surface area contributed by atoms with Crippen LogP contribution in [0, 0.1) is 0 Å². The van der Waals surface area contributed by atoms with Gasteiger partial charge in [0.1, 0.15) is 23.0 Å². The first kappa shape index (κ1) is 24.6. The second-order valence-corrected chi connectivity index (χ2v) is 10.2. The minimum Gasteiger partial charge on any atom is -0.457 e. The Labute approximate surface area is 239 Å². The molecule has 198 valence electrons. The number of rotatable bonds is 6. The van der Waals surface area contributed by atoms with Crippen LogP contribution in [0.3, 0.4) is 0 Å². The minimum absolute atomic E-state index is 0.689. The maximum Gasteiger partial charge on any atom is 0.132 e. The van der Waals surface area contributed by atoms with Crippen molar-refractivity contribution in [1.82, 2.24) is 0 Å². The van der Waals surface area contributed by atoms with E-state index in [9.17, 15) is 0 Å². The van der Waals surface area contributed by atoms with Crippen LogP contribution in [0.1, 0.15) is 22.3 Å². The van der Waals surface area contributed by atoms with Crippen LogP contribution >= 0.6 is 0 Å². The van der Waals surface area contributed by atoms with Gasteiger partial charge in [0, 0.05) is 22.5 Å². The third-order valence-electron chi connectivity index (χ3n) is 7.75. The Bertz CT molecular complexity index is 1720. The number of nitrogen functional groups attached to an aromatic ring is 2. The van der Waals surface area contributed by atoms with E-state index in [1.807, 2.05) is 72.8 Å². The minimum atomic E-state index is -0.720. The number of para-hydroxylation sites is 2. The molecule has 0 fully saturated rings. The summed E-state index contributed by atoms with van der Waals surface area (Å²) >= 11 is 0. The number of benzene rings is 6. The first-order chi connectivity index (χ1) is 20.1. The van der Waals surface area contributed by atoms with Crippen LogP contribution in [-0.4, -0.2) is 0 Å². The molecule has 1 aliphatic rings. The summed E-state index contributed by atoms with van der Waals surface area (Å²) in [6, 6.07) is 48.7. The Morgan fingerprint density at radius 2 is 0.707 bits per heavy atom. The van der Waals surface area contributed by atoms with E-state index in [2.05, 4.69) is 72.8 Å². The van der Waals surface area contributed by atoms with Gasteiger partial charge in [-0.1, -0.05) is 84.9 Å². The van der Waals surface area contributed by atoms with Gasteiger partial charge in [-0.2, -0.15) is 0 Å². The fraction of sp³-hybridized carbons (Fsp3) is 0.0270. The Morgan fingerprint density at radius 1 is 0.366 bits per heavy atom. The zero-order chi connectivity index (χ0) is 27.8. The largest absolute Gasteiger partial charge is 0.457 e. The lowest BCUT2D eigenvalue weighted by Crippen LogP contribution is -2.29. The van der Waals surface area contributed by atoms with Crippen molar-refractivity contribution in [2.24, 2.45) is 0 Å². The third-order valence-corrected chi connectivity index (χ3v) is 7.75. The molecule has 1 aliphatic carbocycles. The molecule has 0 heterocycles. The van der Waals surface area contributed by atoms with Gasteiger partial charge in [0.05, 0.1) is 5.41 Å². The van der Waals surface area contributed by atoms with Gasteiger partial charge in [-0.15, -0.1) is 0 Å². The number of nitrogens with two attached hydrogens (primary N) is 2. The summed E-state index contributed by atoms with van der Waals surface area (Å²) in [5, 5.41) is 0. The third kappa shape index (κ3) is 4.09. The van der Waals surface area contributed by atoms with Gasteiger partial charge < -0.3 is 20.9 Å². The van der Waals surface area contributed by atoms with Crippen molar-refractivity contribution >= 4 is 11.4 Å². The van der Waals surface area contributed by atoms with E-state index in [0.717, 1.165) is 22.6 Å². The number of fused-ring (bicyclic) bond motifs is 3.